The minimum atomic E-state index is -0.392. The number of nitrogens with one attached hydrogen (secondary N) is 1. The van der Waals surface area contributed by atoms with Crippen LogP contribution in [0.5, 0.6) is 11.5 Å². The zero-order valence-electron chi connectivity index (χ0n) is 18.5. The van der Waals surface area contributed by atoms with E-state index in [1.54, 1.807) is 66.7 Å². The fraction of sp³-hybridized carbons (Fsp3) is 0.115. The monoisotopic (exact) mass is 508 g/mol. The van der Waals surface area contributed by atoms with Gasteiger partial charge in [0.1, 0.15) is 18.1 Å². The van der Waals surface area contributed by atoms with Crippen LogP contribution >= 0.6 is 23.4 Å². The first-order valence-corrected chi connectivity index (χ1v) is 11.9. The Morgan fingerprint density at radius 1 is 0.971 bits per heavy atom. The SMILES string of the molecule is O=C(COc1cccc(/C=C2\SC(=O)N(CCOc3ccccc3Cl)C2=O)c1)Nc1ccccc1. The number of para-hydroxylation sites is 2. The Balaban J connectivity index is 1.33. The van der Waals surface area contributed by atoms with Crippen LogP contribution in [-0.2, 0) is 9.59 Å². The predicted molar refractivity (Wildman–Crippen MR) is 137 cm³/mol. The molecule has 0 radical (unpaired) electrons. The van der Waals surface area contributed by atoms with Crippen LogP contribution in [0.2, 0.25) is 5.02 Å². The zero-order chi connectivity index (χ0) is 24.6. The van der Waals surface area contributed by atoms with E-state index in [4.69, 9.17) is 21.1 Å². The van der Waals surface area contributed by atoms with Gasteiger partial charge in [-0.25, -0.2) is 0 Å². The molecule has 7 nitrogen and oxygen atoms in total. The number of hydrogen-bond acceptors (Lipinski definition) is 6. The lowest BCUT2D eigenvalue weighted by Crippen LogP contribution is -2.32. The standard InChI is InChI=1S/C26H21ClN2O5S/c27-21-11-4-5-12-22(21)33-14-13-29-25(31)23(35-26(29)32)16-18-7-6-10-20(15-18)34-17-24(30)28-19-8-2-1-3-9-19/h1-12,15-16H,13-14,17H2,(H,28,30)/b23-16-. The number of carbonyl (C=O) groups excluding carboxylic acids is 3. The maximum Gasteiger partial charge on any atom is 0.293 e. The van der Waals surface area contributed by atoms with Gasteiger partial charge in [0.05, 0.1) is 16.5 Å². The maximum atomic E-state index is 12.8. The Morgan fingerprint density at radius 2 is 1.74 bits per heavy atom. The van der Waals surface area contributed by atoms with Crippen LogP contribution in [0, 0.1) is 0 Å². The van der Waals surface area contributed by atoms with Crippen molar-refractivity contribution in [3.05, 3.63) is 94.4 Å². The van der Waals surface area contributed by atoms with Crippen molar-refractivity contribution in [1.82, 2.24) is 4.90 Å². The molecular formula is C26H21ClN2O5S. The maximum absolute atomic E-state index is 12.8. The molecule has 0 aliphatic carbocycles. The highest BCUT2D eigenvalue weighted by atomic mass is 35.5. The Morgan fingerprint density at radius 3 is 2.54 bits per heavy atom. The molecule has 0 spiro atoms. The van der Waals surface area contributed by atoms with Gasteiger partial charge in [-0.1, -0.05) is 54.1 Å². The molecule has 35 heavy (non-hydrogen) atoms. The molecule has 178 valence electrons. The fourth-order valence-corrected chi connectivity index (χ4v) is 4.27. The molecule has 3 aromatic carbocycles. The minimum absolute atomic E-state index is 0.104. The van der Waals surface area contributed by atoms with Crippen LogP contribution in [-0.4, -0.2) is 41.7 Å². The third-order valence-corrected chi connectivity index (χ3v) is 6.09. The first kappa shape index (κ1) is 24.4. The number of halogens is 1. The number of ether oxygens (including phenoxy) is 2. The largest absolute Gasteiger partial charge is 0.490 e. The lowest BCUT2D eigenvalue weighted by atomic mass is 10.2. The van der Waals surface area contributed by atoms with Crippen molar-refractivity contribution < 1.29 is 23.9 Å². The fourth-order valence-electron chi connectivity index (χ4n) is 3.21. The molecule has 0 unspecified atom stereocenters. The predicted octanol–water partition coefficient (Wildman–Crippen LogP) is 5.47. The number of nitrogens with zero attached hydrogens (tertiary/aromatic N) is 1. The number of rotatable bonds is 9. The van der Waals surface area contributed by atoms with Crippen molar-refractivity contribution in [3.63, 3.8) is 0 Å². The van der Waals surface area contributed by atoms with Gasteiger partial charge in [-0.05, 0) is 59.8 Å². The number of thioether (sulfide) groups is 1. The number of imide groups is 1. The van der Waals surface area contributed by atoms with Crippen LogP contribution in [0.15, 0.2) is 83.8 Å². The third kappa shape index (κ3) is 6.65. The molecule has 9 heteroatoms. The van der Waals surface area contributed by atoms with E-state index in [1.165, 1.54) is 0 Å². The van der Waals surface area contributed by atoms with Gasteiger partial charge >= 0.3 is 0 Å². The molecular weight excluding hydrogens is 488 g/mol. The molecule has 0 saturated carbocycles. The normalized spacial score (nSPS) is 14.3. The molecule has 3 aromatic rings. The molecule has 1 aliphatic heterocycles. The highest BCUT2D eigenvalue weighted by Crippen LogP contribution is 2.32. The minimum Gasteiger partial charge on any atom is -0.490 e. The Bertz CT molecular complexity index is 1270. The van der Waals surface area contributed by atoms with E-state index < -0.39 is 5.91 Å². The highest BCUT2D eigenvalue weighted by molar-refractivity contribution is 8.18. The Kier molecular flexibility index (Phi) is 8.07. The lowest BCUT2D eigenvalue weighted by Gasteiger charge is -2.13. The van der Waals surface area contributed by atoms with Gasteiger partial charge in [-0.15, -0.1) is 0 Å². The summed E-state index contributed by atoms with van der Waals surface area (Å²) in [4.78, 5) is 38.7. The summed E-state index contributed by atoms with van der Waals surface area (Å²) in [6.45, 7) is 0.0661. The number of carbonyl (C=O) groups is 3. The van der Waals surface area contributed by atoms with Crippen LogP contribution < -0.4 is 14.8 Å². The molecule has 1 N–H and O–H groups in total. The summed E-state index contributed by atoms with van der Waals surface area (Å²) in [5, 5.41) is 2.84. The van der Waals surface area contributed by atoms with E-state index in [0.717, 1.165) is 16.7 Å². The number of benzene rings is 3. The smallest absolute Gasteiger partial charge is 0.293 e. The second-order valence-corrected chi connectivity index (χ2v) is 8.79. The van der Waals surface area contributed by atoms with E-state index in [2.05, 4.69) is 5.32 Å². The number of anilines is 1. The van der Waals surface area contributed by atoms with Crippen LogP contribution in [0.25, 0.3) is 6.08 Å². The van der Waals surface area contributed by atoms with Crippen LogP contribution in [0.3, 0.4) is 0 Å². The van der Waals surface area contributed by atoms with Crippen molar-refractivity contribution >= 4 is 52.2 Å². The molecule has 1 aliphatic rings. The molecule has 4 rings (SSSR count). The lowest BCUT2D eigenvalue weighted by molar-refractivity contribution is -0.123. The van der Waals surface area contributed by atoms with E-state index in [9.17, 15) is 14.4 Å². The molecule has 3 amide bonds. The quantitative estimate of drug-likeness (QED) is 0.386. The molecule has 1 heterocycles. The van der Waals surface area contributed by atoms with Gasteiger partial charge in [0.25, 0.3) is 17.1 Å². The molecule has 1 fully saturated rings. The van der Waals surface area contributed by atoms with Crippen molar-refractivity contribution in [2.45, 2.75) is 0 Å². The molecule has 0 aromatic heterocycles. The first-order valence-electron chi connectivity index (χ1n) is 10.7. The summed E-state index contributed by atoms with van der Waals surface area (Å²) in [7, 11) is 0. The summed E-state index contributed by atoms with van der Waals surface area (Å²) in [5.41, 5.74) is 1.35. The van der Waals surface area contributed by atoms with E-state index >= 15 is 0 Å². The van der Waals surface area contributed by atoms with Crippen molar-refractivity contribution in [2.24, 2.45) is 0 Å². The number of amides is 3. The summed E-state index contributed by atoms with van der Waals surface area (Å²) < 4.78 is 11.2. The summed E-state index contributed by atoms with van der Waals surface area (Å²) in [6.07, 6.45) is 1.62. The van der Waals surface area contributed by atoms with Gasteiger partial charge in [-0.3, -0.25) is 19.3 Å². The third-order valence-electron chi connectivity index (χ3n) is 4.87. The summed E-state index contributed by atoms with van der Waals surface area (Å²) in [5.74, 6) is 0.276. The first-order chi connectivity index (χ1) is 17.0. The van der Waals surface area contributed by atoms with E-state index in [0.29, 0.717) is 32.7 Å². The van der Waals surface area contributed by atoms with Crippen molar-refractivity contribution in [2.75, 3.05) is 25.1 Å². The topological polar surface area (TPSA) is 84.9 Å². The van der Waals surface area contributed by atoms with Gasteiger partial charge in [-0.2, -0.15) is 0 Å². The zero-order valence-corrected chi connectivity index (χ0v) is 20.1. The Labute approximate surface area is 211 Å². The second kappa shape index (κ2) is 11.6. The van der Waals surface area contributed by atoms with Crippen molar-refractivity contribution in [1.29, 1.82) is 0 Å². The van der Waals surface area contributed by atoms with Gasteiger partial charge < -0.3 is 14.8 Å². The van der Waals surface area contributed by atoms with Crippen LogP contribution in [0.1, 0.15) is 5.56 Å². The second-order valence-electron chi connectivity index (χ2n) is 7.39. The van der Waals surface area contributed by atoms with Gasteiger partial charge in [0.15, 0.2) is 6.61 Å². The van der Waals surface area contributed by atoms with Crippen molar-refractivity contribution in [3.8, 4) is 11.5 Å². The average molecular weight is 509 g/mol. The van der Waals surface area contributed by atoms with E-state index in [1.807, 2.05) is 18.2 Å². The van der Waals surface area contributed by atoms with Crippen LogP contribution in [0.4, 0.5) is 10.5 Å². The average Bonchev–Trinajstić information content (AvgIpc) is 3.12. The molecule has 0 bridgehead atoms. The molecule has 0 atom stereocenters. The highest BCUT2D eigenvalue weighted by Gasteiger charge is 2.34. The molecule has 1 saturated heterocycles. The van der Waals surface area contributed by atoms with E-state index in [-0.39, 0.29) is 30.9 Å². The Hall–Kier alpha value is -3.75. The van der Waals surface area contributed by atoms with Gasteiger partial charge in [0.2, 0.25) is 0 Å². The summed E-state index contributed by atoms with van der Waals surface area (Å²) in [6, 6.07) is 23.0. The van der Waals surface area contributed by atoms with Gasteiger partial charge in [0, 0.05) is 5.69 Å². The number of hydrogen-bond donors (Lipinski definition) is 1. The summed E-state index contributed by atoms with van der Waals surface area (Å²) >= 11 is 6.92.